The van der Waals surface area contributed by atoms with Crippen LogP contribution in [0.4, 0.5) is 0 Å². The minimum absolute atomic E-state index is 0.210. The number of amides is 1. The summed E-state index contributed by atoms with van der Waals surface area (Å²) in [6, 6.07) is 23.2. The maximum absolute atomic E-state index is 12.8. The Bertz CT molecular complexity index is 929. The Morgan fingerprint density at radius 2 is 1.69 bits per heavy atom. The van der Waals surface area contributed by atoms with Gasteiger partial charge in [0.1, 0.15) is 0 Å². The molecule has 0 saturated heterocycles. The molecule has 0 unspecified atom stereocenters. The van der Waals surface area contributed by atoms with Crippen LogP contribution in [0.1, 0.15) is 16.7 Å². The molecule has 0 bridgehead atoms. The number of fused-ring (bicyclic) bond motifs is 2. The van der Waals surface area contributed by atoms with E-state index in [2.05, 4.69) is 71.6 Å². The van der Waals surface area contributed by atoms with Gasteiger partial charge < -0.3 is 4.90 Å². The van der Waals surface area contributed by atoms with Crippen LogP contribution in [0.2, 0.25) is 0 Å². The quantitative estimate of drug-likeness (QED) is 0.718. The molecule has 0 atom stereocenters. The van der Waals surface area contributed by atoms with E-state index >= 15 is 0 Å². The van der Waals surface area contributed by atoms with Gasteiger partial charge in [-0.1, -0.05) is 66.7 Å². The van der Waals surface area contributed by atoms with Crippen molar-refractivity contribution in [3.8, 4) is 0 Å². The Kier molecular flexibility index (Phi) is 4.72. The van der Waals surface area contributed by atoms with Crippen molar-refractivity contribution in [3.63, 3.8) is 0 Å². The summed E-state index contributed by atoms with van der Waals surface area (Å²) in [4.78, 5) is 16.9. The third-order valence-corrected chi connectivity index (χ3v) is 5.21. The van der Waals surface area contributed by atoms with Crippen molar-refractivity contribution >= 4 is 16.7 Å². The van der Waals surface area contributed by atoms with E-state index in [9.17, 15) is 4.79 Å². The van der Waals surface area contributed by atoms with Crippen LogP contribution in [-0.4, -0.2) is 35.8 Å². The second-order valence-corrected chi connectivity index (χ2v) is 7.14. The number of carbonyl (C=O) groups excluding carboxylic acids is 1. The molecule has 1 aliphatic heterocycles. The van der Waals surface area contributed by atoms with Gasteiger partial charge in [0, 0.05) is 19.6 Å². The summed E-state index contributed by atoms with van der Waals surface area (Å²) in [7, 11) is 2.03. The molecule has 0 aliphatic carbocycles. The van der Waals surface area contributed by atoms with Gasteiger partial charge in [0.05, 0.1) is 6.54 Å². The molecule has 132 valence electrons. The maximum atomic E-state index is 12.8. The van der Waals surface area contributed by atoms with Gasteiger partial charge in [-0.15, -0.1) is 0 Å². The molecule has 0 saturated carbocycles. The summed E-state index contributed by atoms with van der Waals surface area (Å²) in [6.07, 6.45) is 0.953. The minimum Gasteiger partial charge on any atom is -0.337 e. The third kappa shape index (κ3) is 3.49. The van der Waals surface area contributed by atoms with Crippen molar-refractivity contribution in [2.75, 3.05) is 20.1 Å². The topological polar surface area (TPSA) is 23.6 Å². The third-order valence-electron chi connectivity index (χ3n) is 5.21. The first-order valence-corrected chi connectivity index (χ1v) is 9.20. The van der Waals surface area contributed by atoms with Gasteiger partial charge >= 0.3 is 0 Å². The predicted molar refractivity (Wildman–Crippen MR) is 106 cm³/mol. The molecule has 0 fully saturated rings. The van der Waals surface area contributed by atoms with Crippen LogP contribution in [0.25, 0.3) is 10.8 Å². The molecule has 0 spiro atoms. The first kappa shape index (κ1) is 16.8. The molecular formula is C23H24N2O. The highest BCUT2D eigenvalue weighted by Gasteiger charge is 2.21. The SMILES string of the molecule is CN(CC(=O)N1CCc2ccccc2C1)Cc1cccc2ccccc12. The van der Waals surface area contributed by atoms with E-state index in [1.807, 2.05) is 11.9 Å². The summed E-state index contributed by atoms with van der Waals surface area (Å²) in [5, 5.41) is 2.51. The minimum atomic E-state index is 0.210. The molecule has 26 heavy (non-hydrogen) atoms. The van der Waals surface area contributed by atoms with Crippen molar-refractivity contribution in [1.29, 1.82) is 0 Å². The van der Waals surface area contributed by atoms with Crippen molar-refractivity contribution in [2.24, 2.45) is 0 Å². The fraction of sp³-hybridized carbons (Fsp3) is 0.261. The molecule has 4 rings (SSSR count). The first-order chi connectivity index (χ1) is 12.7. The lowest BCUT2D eigenvalue weighted by atomic mass is 10.00. The molecule has 3 aromatic rings. The summed E-state index contributed by atoms with van der Waals surface area (Å²) in [5.41, 5.74) is 3.92. The van der Waals surface area contributed by atoms with Crippen molar-refractivity contribution in [2.45, 2.75) is 19.5 Å². The van der Waals surface area contributed by atoms with Gasteiger partial charge in [0.15, 0.2) is 0 Å². The van der Waals surface area contributed by atoms with E-state index < -0.39 is 0 Å². The molecule has 0 aromatic heterocycles. The Morgan fingerprint density at radius 1 is 0.962 bits per heavy atom. The van der Waals surface area contributed by atoms with E-state index in [1.54, 1.807) is 0 Å². The Labute approximate surface area is 154 Å². The first-order valence-electron chi connectivity index (χ1n) is 9.20. The van der Waals surface area contributed by atoms with Gasteiger partial charge in [-0.05, 0) is 40.9 Å². The second kappa shape index (κ2) is 7.30. The van der Waals surface area contributed by atoms with Crippen LogP contribution < -0.4 is 0 Å². The predicted octanol–water partition coefficient (Wildman–Crippen LogP) is 3.86. The van der Waals surface area contributed by atoms with Crippen LogP contribution in [0, 0.1) is 0 Å². The lowest BCUT2D eigenvalue weighted by Crippen LogP contribution is -2.41. The number of rotatable bonds is 4. The van der Waals surface area contributed by atoms with E-state index in [1.165, 1.54) is 27.5 Å². The molecule has 3 nitrogen and oxygen atoms in total. The monoisotopic (exact) mass is 344 g/mol. The summed E-state index contributed by atoms with van der Waals surface area (Å²) < 4.78 is 0. The molecule has 0 radical (unpaired) electrons. The average molecular weight is 344 g/mol. The number of likely N-dealkylation sites (N-methyl/N-ethyl adjacent to an activating group) is 1. The highest BCUT2D eigenvalue weighted by Crippen LogP contribution is 2.21. The fourth-order valence-corrected chi connectivity index (χ4v) is 3.82. The number of nitrogens with zero attached hydrogens (tertiary/aromatic N) is 2. The highest BCUT2D eigenvalue weighted by molar-refractivity contribution is 5.85. The summed E-state index contributed by atoms with van der Waals surface area (Å²) in [6.45, 7) is 2.78. The Hall–Kier alpha value is -2.65. The van der Waals surface area contributed by atoms with E-state index in [-0.39, 0.29) is 5.91 Å². The van der Waals surface area contributed by atoms with Crippen LogP contribution in [0.3, 0.4) is 0 Å². The molecule has 1 aliphatic rings. The molecule has 3 aromatic carbocycles. The zero-order valence-electron chi connectivity index (χ0n) is 15.2. The van der Waals surface area contributed by atoms with Crippen molar-refractivity contribution < 1.29 is 4.79 Å². The van der Waals surface area contributed by atoms with E-state index in [0.717, 1.165) is 26.1 Å². The molecule has 1 amide bonds. The highest BCUT2D eigenvalue weighted by atomic mass is 16.2. The van der Waals surface area contributed by atoms with E-state index in [0.29, 0.717) is 6.54 Å². The Morgan fingerprint density at radius 3 is 2.58 bits per heavy atom. The average Bonchev–Trinajstić information content (AvgIpc) is 2.68. The van der Waals surface area contributed by atoms with Crippen molar-refractivity contribution in [1.82, 2.24) is 9.80 Å². The lowest BCUT2D eigenvalue weighted by Gasteiger charge is -2.30. The molecule has 0 N–H and O–H groups in total. The molecule has 3 heteroatoms. The fourth-order valence-electron chi connectivity index (χ4n) is 3.82. The maximum Gasteiger partial charge on any atom is 0.237 e. The lowest BCUT2D eigenvalue weighted by molar-refractivity contribution is -0.133. The smallest absolute Gasteiger partial charge is 0.237 e. The normalized spacial score (nSPS) is 13.8. The Balaban J connectivity index is 1.42. The van der Waals surface area contributed by atoms with Gasteiger partial charge in [-0.25, -0.2) is 0 Å². The van der Waals surface area contributed by atoms with Crippen LogP contribution in [0.5, 0.6) is 0 Å². The van der Waals surface area contributed by atoms with Crippen molar-refractivity contribution in [3.05, 3.63) is 83.4 Å². The van der Waals surface area contributed by atoms with Gasteiger partial charge in [0.25, 0.3) is 0 Å². The second-order valence-electron chi connectivity index (χ2n) is 7.14. The van der Waals surface area contributed by atoms with Crippen LogP contribution in [-0.2, 0) is 24.3 Å². The molecule has 1 heterocycles. The summed E-state index contributed by atoms with van der Waals surface area (Å²) >= 11 is 0. The van der Waals surface area contributed by atoms with E-state index in [4.69, 9.17) is 0 Å². The molecular weight excluding hydrogens is 320 g/mol. The standard InChI is InChI=1S/C23H24N2O/c1-24(15-21-11-6-10-19-8-4-5-12-22(19)21)17-23(26)25-14-13-18-7-2-3-9-20(18)16-25/h2-12H,13-17H2,1H3. The number of hydrogen-bond acceptors (Lipinski definition) is 2. The zero-order chi connectivity index (χ0) is 17.9. The zero-order valence-corrected chi connectivity index (χ0v) is 15.2. The number of carbonyl (C=O) groups is 1. The van der Waals surface area contributed by atoms with Crippen LogP contribution in [0.15, 0.2) is 66.7 Å². The summed E-state index contributed by atoms with van der Waals surface area (Å²) in [5.74, 6) is 0.210. The number of benzene rings is 3. The van der Waals surface area contributed by atoms with Gasteiger partial charge in [0.2, 0.25) is 5.91 Å². The van der Waals surface area contributed by atoms with Gasteiger partial charge in [-0.2, -0.15) is 0 Å². The number of hydrogen-bond donors (Lipinski definition) is 0. The largest absolute Gasteiger partial charge is 0.337 e. The van der Waals surface area contributed by atoms with Gasteiger partial charge in [-0.3, -0.25) is 9.69 Å². The van der Waals surface area contributed by atoms with Crippen LogP contribution >= 0.6 is 0 Å².